The zero-order chi connectivity index (χ0) is 17.7. The third-order valence-electron chi connectivity index (χ3n) is 8.10. The predicted molar refractivity (Wildman–Crippen MR) is 101 cm³/mol. The van der Waals surface area contributed by atoms with Crippen molar-refractivity contribution in [1.29, 1.82) is 0 Å². The second-order valence-electron chi connectivity index (χ2n) is 10.1. The van der Waals surface area contributed by atoms with Crippen LogP contribution in [0.15, 0.2) is 11.6 Å². The van der Waals surface area contributed by atoms with Crippen molar-refractivity contribution in [3.63, 3.8) is 0 Å². The maximum absolute atomic E-state index is 13.1. The lowest BCUT2D eigenvalue weighted by Gasteiger charge is -2.52. The summed E-state index contributed by atoms with van der Waals surface area (Å²) in [5, 5.41) is 0. The average molecular weight is 345 g/mol. The third-order valence-corrected chi connectivity index (χ3v) is 8.10. The summed E-state index contributed by atoms with van der Waals surface area (Å²) in [5.74, 6) is 2.95. The number of fused-ring (bicyclic) bond motifs is 1. The first-order chi connectivity index (χ1) is 11.9. The van der Waals surface area contributed by atoms with Crippen molar-refractivity contribution in [3.8, 4) is 0 Å². The third kappa shape index (κ3) is 3.08. The number of carbonyl (C=O) groups excluding carboxylic acids is 1. The molecule has 0 radical (unpaired) electrons. The zero-order valence-electron chi connectivity index (χ0n) is 16.5. The predicted octanol–water partition coefficient (Wildman–Crippen LogP) is 6.05. The summed E-state index contributed by atoms with van der Waals surface area (Å²) in [4.78, 5) is 13.1. The van der Waals surface area contributed by atoms with Crippen LogP contribution in [0.4, 0.5) is 0 Å². The monoisotopic (exact) mass is 344 g/mol. The van der Waals surface area contributed by atoms with E-state index in [2.05, 4.69) is 26.8 Å². The first-order valence-electron chi connectivity index (χ1n) is 10.9. The van der Waals surface area contributed by atoms with E-state index in [0.717, 1.165) is 18.3 Å². The number of ether oxygens (including phenoxy) is 1. The quantitative estimate of drug-likeness (QED) is 0.458. The fourth-order valence-corrected chi connectivity index (χ4v) is 6.23. The largest absolute Gasteiger partial charge is 0.454 e. The molecule has 140 valence electrons. The van der Waals surface area contributed by atoms with Gasteiger partial charge in [-0.2, -0.15) is 0 Å². The molecular formula is C23H36O2. The van der Waals surface area contributed by atoms with Gasteiger partial charge in [0.25, 0.3) is 0 Å². The standard InChI is InChI=1S/C23H36O2/c1-4-22(2,3)21(24)25-23(15-16-7-5-6-8-16)19-10-9-17-11-18(13-19)14-20(23)12-17/h15,17-20H,4-14H2,1-3H3. The molecule has 2 heteroatoms. The fourth-order valence-electron chi connectivity index (χ4n) is 6.23. The van der Waals surface area contributed by atoms with Gasteiger partial charge >= 0.3 is 5.97 Å². The van der Waals surface area contributed by atoms with Crippen molar-refractivity contribution in [2.45, 2.75) is 97.0 Å². The second kappa shape index (κ2) is 6.43. The smallest absolute Gasteiger partial charge is 0.312 e. The van der Waals surface area contributed by atoms with Gasteiger partial charge in [0.15, 0.2) is 0 Å². The van der Waals surface area contributed by atoms with Gasteiger partial charge in [0.05, 0.1) is 5.41 Å². The molecule has 5 saturated carbocycles. The minimum atomic E-state index is -0.370. The van der Waals surface area contributed by atoms with Crippen molar-refractivity contribution in [2.24, 2.45) is 29.1 Å². The first-order valence-corrected chi connectivity index (χ1v) is 10.9. The lowest BCUT2D eigenvalue weighted by atomic mass is 9.59. The van der Waals surface area contributed by atoms with Gasteiger partial charge in [0.1, 0.15) is 5.60 Å². The molecule has 0 aromatic heterocycles. The number of carbonyl (C=O) groups is 1. The van der Waals surface area contributed by atoms with Crippen molar-refractivity contribution in [1.82, 2.24) is 0 Å². The van der Waals surface area contributed by atoms with Crippen LogP contribution in [-0.2, 0) is 9.53 Å². The highest BCUT2D eigenvalue weighted by atomic mass is 16.6. The lowest BCUT2D eigenvalue weighted by Crippen LogP contribution is -2.54. The summed E-state index contributed by atoms with van der Waals surface area (Å²) in [6.45, 7) is 6.21. The minimum absolute atomic E-state index is 0.0392. The Kier molecular flexibility index (Phi) is 4.53. The van der Waals surface area contributed by atoms with Gasteiger partial charge in [-0.1, -0.05) is 12.5 Å². The molecular weight excluding hydrogens is 308 g/mol. The summed E-state index contributed by atoms with van der Waals surface area (Å²) in [7, 11) is 0. The Hall–Kier alpha value is -0.790. The molecule has 0 aromatic carbocycles. The van der Waals surface area contributed by atoms with Crippen LogP contribution in [0.25, 0.3) is 0 Å². The lowest BCUT2D eigenvalue weighted by molar-refractivity contribution is -0.186. The van der Waals surface area contributed by atoms with E-state index >= 15 is 0 Å². The molecule has 0 aromatic rings. The first kappa shape index (κ1) is 17.6. The molecule has 5 fully saturated rings. The molecule has 0 saturated heterocycles. The van der Waals surface area contributed by atoms with E-state index in [1.165, 1.54) is 64.2 Å². The maximum atomic E-state index is 13.1. The average Bonchev–Trinajstić information content (AvgIpc) is 3.01. The number of hydrogen-bond donors (Lipinski definition) is 0. The van der Waals surface area contributed by atoms with Crippen LogP contribution in [0.1, 0.15) is 91.4 Å². The van der Waals surface area contributed by atoms with Crippen LogP contribution in [0.5, 0.6) is 0 Å². The highest BCUT2D eigenvalue weighted by Gasteiger charge is 2.57. The molecule has 0 spiro atoms. The van der Waals surface area contributed by atoms with E-state index < -0.39 is 0 Å². The van der Waals surface area contributed by atoms with Gasteiger partial charge in [-0.15, -0.1) is 0 Å². The van der Waals surface area contributed by atoms with E-state index in [1.807, 2.05) is 0 Å². The highest BCUT2D eigenvalue weighted by Crippen LogP contribution is 2.58. The molecule has 5 aliphatic rings. The maximum Gasteiger partial charge on any atom is 0.312 e. The Bertz CT molecular complexity index is 542. The van der Waals surface area contributed by atoms with Crippen LogP contribution in [0.2, 0.25) is 0 Å². The van der Waals surface area contributed by atoms with Gasteiger partial charge in [-0.3, -0.25) is 4.79 Å². The van der Waals surface area contributed by atoms with Gasteiger partial charge in [0.2, 0.25) is 0 Å². The summed E-state index contributed by atoms with van der Waals surface area (Å²) in [6, 6.07) is 0. The van der Waals surface area contributed by atoms with Gasteiger partial charge in [0, 0.05) is 11.8 Å². The summed E-state index contributed by atoms with van der Waals surface area (Å²) >= 11 is 0. The Morgan fingerprint density at radius 2 is 1.76 bits per heavy atom. The van der Waals surface area contributed by atoms with E-state index in [9.17, 15) is 4.79 Å². The second-order valence-corrected chi connectivity index (χ2v) is 10.1. The van der Waals surface area contributed by atoms with E-state index in [4.69, 9.17) is 4.74 Å². The molecule has 5 atom stereocenters. The highest BCUT2D eigenvalue weighted by molar-refractivity contribution is 5.76. The fraction of sp³-hybridized carbons (Fsp3) is 0.870. The summed E-state index contributed by atoms with van der Waals surface area (Å²) in [6.07, 6.45) is 16.4. The van der Waals surface area contributed by atoms with Crippen LogP contribution in [-0.4, -0.2) is 11.6 Å². The Balaban J connectivity index is 1.71. The van der Waals surface area contributed by atoms with Crippen molar-refractivity contribution >= 4 is 5.97 Å². The number of rotatable bonds is 4. The van der Waals surface area contributed by atoms with Crippen molar-refractivity contribution < 1.29 is 9.53 Å². The van der Waals surface area contributed by atoms with Crippen LogP contribution in [0.3, 0.4) is 0 Å². The Labute approximate surface area is 153 Å². The van der Waals surface area contributed by atoms with Crippen molar-refractivity contribution in [2.75, 3.05) is 0 Å². The number of esters is 1. The molecule has 2 nitrogen and oxygen atoms in total. The summed E-state index contributed by atoms with van der Waals surface area (Å²) < 4.78 is 6.60. The minimum Gasteiger partial charge on any atom is -0.454 e. The van der Waals surface area contributed by atoms with Crippen molar-refractivity contribution in [3.05, 3.63) is 11.6 Å². The normalized spacial score (nSPS) is 40.2. The molecule has 5 unspecified atom stereocenters. The van der Waals surface area contributed by atoms with Gasteiger partial charge in [-0.25, -0.2) is 0 Å². The van der Waals surface area contributed by atoms with Gasteiger partial charge in [-0.05, 0) is 102 Å². The van der Waals surface area contributed by atoms with Crippen LogP contribution < -0.4 is 0 Å². The molecule has 0 amide bonds. The van der Waals surface area contributed by atoms with E-state index in [-0.39, 0.29) is 17.0 Å². The Morgan fingerprint density at radius 3 is 2.48 bits per heavy atom. The van der Waals surface area contributed by atoms with E-state index in [0.29, 0.717) is 11.8 Å². The number of allylic oxidation sites excluding steroid dienone is 1. The SMILES string of the molecule is CCC(C)(C)C(=O)OC1(C=C2CCCC2)C2CCC3CC(C2)CC1C3. The van der Waals surface area contributed by atoms with Crippen LogP contribution in [0, 0.1) is 29.1 Å². The molecule has 5 rings (SSSR count). The van der Waals surface area contributed by atoms with Gasteiger partial charge < -0.3 is 4.74 Å². The molecule has 25 heavy (non-hydrogen) atoms. The molecule has 0 aliphatic heterocycles. The molecule has 4 bridgehead atoms. The molecule has 0 N–H and O–H groups in total. The zero-order valence-corrected chi connectivity index (χ0v) is 16.5. The Morgan fingerprint density at radius 1 is 1.08 bits per heavy atom. The van der Waals surface area contributed by atoms with Crippen LogP contribution >= 0.6 is 0 Å². The van der Waals surface area contributed by atoms with E-state index in [1.54, 1.807) is 5.57 Å². The molecule has 0 heterocycles. The summed E-state index contributed by atoms with van der Waals surface area (Å²) in [5.41, 5.74) is 0.925. The topological polar surface area (TPSA) is 26.3 Å². The number of hydrogen-bond acceptors (Lipinski definition) is 2. The molecule has 5 aliphatic carbocycles.